The average Bonchev–Trinajstić information content (AvgIpc) is 2.08. The first-order chi connectivity index (χ1) is 6.15. The fourth-order valence-corrected chi connectivity index (χ4v) is 1.41. The number of carbonyl (C=O) groups is 2. The predicted octanol–water partition coefficient (Wildman–Crippen LogP) is 2.22. The number of nitrogens with one attached hydrogen (secondary N) is 1. The maximum absolute atomic E-state index is 11.0. The van der Waals surface area contributed by atoms with E-state index in [9.17, 15) is 9.59 Å². The van der Waals surface area contributed by atoms with Gasteiger partial charge in [-0.15, -0.1) is 0 Å². The number of ketones is 1. The van der Waals surface area contributed by atoms with Gasteiger partial charge >= 0.3 is 0 Å². The van der Waals surface area contributed by atoms with E-state index < -0.39 is 0 Å². The minimum Gasteiger partial charge on any atom is -0.328 e. The van der Waals surface area contributed by atoms with Gasteiger partial charge in [-0.25, -0.2) is 0 Å². The number of rotatable bonds is 3. The van der Waals surface area contributed by atoms with Gasteiger partial charge in [-0.3, -0.25) is 9.59 Å². The molecule has 0 fully saturated rings. The number of hydrogen-bond donors (Lipinski definition) is 1. The van der Waals surface area contributed by atoms with E-state index in [4.69, 9.17) is 0 Å². The molecule has 0 bridgehead atoms. The van der Waals surface area contributed by atoms with Crippen LogP contribution in [-0.2, 0) is 4.79 Å². The summed E-state index contributed by atoms with van der Waals surface area (Å²) in [6, 6.07) is 5.02. The summed E-state index contributed by atoms with van der Waals surface area (Å²) in [5, 5.41) is 2.50. The molecule has 0 aliphatic heterocycles. The van der Waals surface area contributed by atoms with Crippen molar-refractivity contribution in [1.29, 1.82) is 0 Å². The Bertz CT molecular complexity index is 349. The highest BCUT2D eigenvalue weighted by molar-refractivity contribution is 9.10. The topological polar surface area (TPSA) is 46.2 Å². The SMILES string of the molecule is CC(=O)c1ccc(NC=O)c(Br)c1. The van der Waals surface area contributed by atoms with Gasteiger partial charge in [-0.2, -0.15) is 0 Å². The van der Waals surface area contributed by atoms with Crippen LogP contribution in [0, 0.1) is 0 Å². The summed E-state index contributed by atoms with van der Waals surface area (Å²) < 4.78 is 0.701. The molecule has 0 aliphatic carbocycles. The van der Waals surface area contributed by atoms with Gasteiger partial charge in [-0.1, -0.05) is 0 Å². The van der Waals surface area contributed by atoms with Gasteiger partial charge in [0.05, 0.1) is 5.69 Å². The lowest BCUT2D eigenvalue weighted by molar-refractivity contribution is -0.105. The molecule has 13 heavy (non-hydrogen) atoms. The van der Waals surface area contributed by atoms with Crippen LogP contribution < -0.4 is 5.32 Å². The summed E-state index contributed by atoms with van der Waals surface area (Å²) in [6.07, 6.45) is 0.591. The molecule has 1 aromatic carbocycles. The van der Waals surface area contributed by atoms with E-state index >= 15 is 0 Å². The molecular weight excluding hydrogens is 234 g/mol. The van der Waals surface area contributed by atoms with Crippen molar-refractivity contribution in [3.05, 3.63) is 28.2 Å². The second kappa shape index (κ2) is 4.18. The van der Waals surface area contributed by atoms with Gasteiger partial charge in [0.1, 0.15) is 0 Å². The number of halogens is 1. The summed E-state index contributed by atoms with van der Waals surface area (Å²) >= 11 is 3.24. The molecule has 3 nitrogen and oxygen atoms in total. The Morgan fingerprint density at radius 3 is 2.69 bits per heavy atom. The van der Waals surface area contributed by atoms with Crippen molar-refractivity contribution in [3.8, 4) is 0 Å². The van der Waals surface area contributed by atoms with Crippen molar-refractivity contribution in [1.82, 2.24) is 0 Å². The van der Waals surface area contributed by atoms with Crippen LogP contribution in [0.1, 0.15) is 17.3 Å². The Kier molecular flexibility index (Phi) is 3.19. The second-order valence-electron chi connectivity index (χ2n) is 2.51. The molecule has 0 unspecified atom stereocenters. The molecule has 0 saturated carbocycles. The fraction of sp³-hybridized carbons (Fsp3) is 0.111. The van der Waals surface area contributed by atoms with Crippen LogP contribution in [0.2, 0.25) is 0 Å². The molecule has 4 heteroatoms. The Morgan fingerprint density at radius 2 is 2.23 bits per heavy atom. The zero-order valence-corrected chi connectivity index (χ0v) is 8.59. The summed E-state index contributed by atoms with van der Waals surface area (Å²) in [4.78, 5) is 21.1. The second-order valence-corrected chi connectivity index (χ2v) is 3.37. The molecule has 0 heterocycles. The third kappa shape index (κ3) is 2.39. The molecule has 0 saturated heterocycles. The number of anilines is 1. The molecule has 0 aromatic heterocycles. The van der Waals surface area contributed by atoms with Gasteiger partial charge in [0.25, 0.3) is 0 Å². The zero-order valence-electron chi connectivity index (χ0n) is 7.00. The summed E-state index contributed by atoms with van der Waals surface area (Å²) in [7, 11) is 0. The van der Waals surface area contributed by atoms with E-state index in [0.717, 1.165) is 0 Å². The van der Waals surface area contributed by atoms with Crippen molar-refractivity contribution >= 4 is 33.8 Å². The fourth-order valence-electron chi connectivity index (χ4n) is 0.915. The van der Waals surface area contributed by atoms with Gasteiger partial charge in [-0.05, 0) is 41.1 Å². The van der Waals surface area contributed by atoms with Crippen molar-refractivity contribution in [3.63, 3.8) is 0 Å². The Labute approximate surface area is 84.3 Å². The predicted molar refractivity (Wildman–Crippen MR) is 53.8 cm³/mol. The molecule has 0 spiro atoms. The van der Waals surface area contributed by atoms with Crippen LogP contribution in [0.4, 0.5) is 5.69 Å². The van der Waals surface area contributed by atoms with E-state index in [1.165, 1.54) is 6.92 Å². The molecule has 0 aliphatic rings. The molecule has 1 amide bonds. The van der Waals surface area contributed by atoms with Crippen LogP contribution in [0.3, 0.4) is 0 Å². The molecular formula is C9H8BrNO2. The summed E-state index contributed by atoms with van der Waals surface area (Å²) in [5.74, 6) is -0.00152. The van der Waals surface area contributed by atoms with Gasteiger partial charge in [0.2, 0.25) is 6.41 Å². The highest BCUT2D eigenvalue weighted by atomic mass is 79.9. The van der Waals surface area contributed by atoms with Crippen LogP contribution in [0.25, 0.3) is 0 Å². The Balaban J connectivity index is 3.04. The van der Waals surface area contributed by atoms with E-state index in [2.05, 4.69) is 21.2 Å². The lowest BCUT2D eigenvalue weighted by Crippen LogP contribution is -1.97. The average molecular weight is 242 g/mol. The Hall–Kier alpha value is -1.16. The number of hydrogen-bond acceptors (Lipinski definition) is 2. The minimum atomic E-state index is -0.00152. The number of benzene rings is 1. The van der Waals surface area contributed by atoms with Gasteiger partial charge in [0, 0.05) is 10.0 Å². The first-order valence-corrected chi connectivity index (χ1v) is 4.45. The molecule has 0 radical (unpaired) electrons. The van der Waals surface area contributed by atoms with Crippen LogP contribution in [0.15, 0.2) is 22.7 Å². The highest BCUT2D eigenvalue weighted by Gasteiger charge is 2.03. The van der Waals surface area contributed by atoms with E-state index in [1.807, 2.05) is 0 Å². The number of amides is 1. The molecule has 1 aromatic rings. The summed E-state index contributed by atoms with van der Waals surface area (Å²) in [5.41, 5.74) is 1.27. The van der Waals surface area contributed by atoms with Gasteiger partial charge in [0.15, 0.2) is 5.78 Å². The third-order valence-electron chi connectivity index (χ3n) is 1.59. The maximum atomic E-state index is 11.0. The first kappa shape index (κ1) is 9.92. The summed E-state index contributed by atoms with van der Waals surface area (Å²) in [6.45, 7) is 1.49. The first-order valence-electron chi connectivity index (χ1n) is 3.66. The van der Waals surface area contributed by atoms with Crippen LogP contribution >= 0.6 is 15.9 Å². The highest BCUT2D eigenvalue weighted by Crippen LogP contribution is 2.23. The standard InChI is InChI=1S/C9H8BrNO2/c1-6(13)7-2-3-9(11-5-12)8(10)4-7/h2-5H,1H3,(H,11,12). The smallest absolute Gasteiger partial charge is 0.211 e. The van der Waals surface area contributed by atoms with Crippen molar-refractivity contribution in [2.45, 2.75) is 6.92 Å². The molecule has 68 valence electrons. The largest absolute Gasteiger partial charge is 0.328 e. The van der Waals surface area contributed by atoms with Crippen LogP contribution in [-0.4, -0.2) is 12.2 Å². The third-order valence-corrected chi connectivity index (χ3v) is 2.25. The normalized spacial score (nSPS) is 9.38. The van der Waals surface area contributed by atoms with Crippen LogP contribution in [0.5, 0.6) is 0 Å². The Morgan fingerprint density at radius 1 is 1.54 bits per heavy atom. The van der Waals surface area contributed by atoms with Crippen molar-refractivity contribution < 1.29 is 9.59 Å². The maximum Gasteiger partial charge on any atom is 0.211 e. The molecule has 1 N–H and O–H groups in total. The van der Waals surface area contributed by atoms with Crippen molar-refractivity contribution in [2.24, 2.45) is 0 Å². The minimum absolute atomic E-state index is 0.00152. The van der Waals surface area contributed by atoms with E-state index in [-0.39, 0.29) is 5.78 Å². The quantitative estimate of drug-likeness (QED) is 0.652. The van der Waals surface area contributed by atoms with E-state index in [0.29, 0.717) is 22.1 Å². The van der Waals surface area contributed by atoms with E-state index in [1.54, 1.807) is 18.2 Å². The van der Waals surface area contributed by atoms with Gasteiger partial charge < -0.3 is 5.32 Å². The van der Waals surface area contributed by atoms with Crippen molar-refractivity contribution in [2.75, 3.05) is 5.32 Å². The molecule has 1 rings (SSSR count). The molecule has 0 atom stereocenters. The number of carbonyl (C=O) groups excluding carboxylic acids is 2. The monoisotopic (exact) mass is 241 g/mol. The zero-order chi connectivity index (χ0) is 9.84. The lowest BCUT2D eigenvalue weighted by atomic mass is 10.1. The number of Topliss-reactive ketones (excluding diaryl/α,β-unsaturated/α-hetero) is 1. The lowest BCUT2D eigenvalue weighted by Gasteiger charge is -2.03.